The number of rotatable bonds is 6. The molecule has 2 heterocycles. The molecule has 1 saturated heterocycles. The molecule has 27 heavy (non-hydrogen) atoms. The third kappa shape index (κ3) is 5.06. The van der Waals surface area contributed by atoms with E-state index in [1.807, 2.05) is 0 Å². The first-order valence-corrected chi connectivity index (χ1v) is 8.15. The van der Waals surface area contributed by atoms with Crippen molar-refractivity contribution in [2.75, 3.05) is 6.61 Å². The number of esters is 2. The average molecular weight is 380 g/mol. The van der Waals surface area contributed by atoms with Crippen LogP contribution in [0.3, 0.4) is 0 Å². The molecule has 10 nitrogen and oxygen atoms in total. The summed E-state index contributed by atoms with van der Waals surface area (Å²) in [5.41, 5.74) is -1.62. The Morgan fingerprint density at radius 3 is 2.74 bits per heavy atom. The van der Waals surface area contributed by atoms with Gasteiger partial charge in [-0.2, -0.15) is 0 Å². The van der Waals surface area contributed by atoms with Gasteiger partial charge in [0.05, 0.1) is 11.7 Å². The molecule has 10 heteroatoms. The molecule has 0 amide bonds. The molecule has 0 saturated carbocycles. The molecular formula is C17H20N2O8. The van der Waals surface area contributed by atoms with Gasteiger partial charge in [0.2, 0.25) is 0 Å². The summed E-state index contributed by atoms with van der Waals surface area (Å²) in [6.07, 6.45) is 2.56. The molecule has 0 spiro atoms. The highest BCUT2D eigenvalue weighted by Gasteiger charge is 2.39. The molecule has 1 aromatic heterocycles. The molecule has 1 unspecified atom stereocenters. The van der Waals surface area contributed by atoms with E-state index in [4.69, 9.17) is 20.6 Å². The maximum Gasteiger partial charge on any atom is 0.330 e. The van der Waals surface area contributed by atoms with E-state index in [1.165, 1.54) is 13.8 Å². The van der Waals surface area contributed by atoms with Crippen LogP contribution in [0.25, 0.3) is 0 Å². The summed E-state index contributed by atoms with van der Waals surface area (Å²) in [5.74, 6) is 1.14. The molecule has 0 aromatic carbocycles. The molecule has 0 radical (unpaired) electrons. The summed E-state index contributed by atoms with van der Waals surface area (Å²) < 4.78 is 16.8. The maximum absolute atomic E-state index is 12.2. The lowest BCUT2D eigenvalue weighted by atomic mass is 10.1. The second kappa shape index (κ2) is 8.66. The second-order valence-electron chi connectivity index (χ2n) is 5.99. The zero-order valence-corrected chi connectivity index (χ0v) is 14.8. The van der Waals surface area contributed by atoms with Crippen LogP contribution in [-0.4, -0.2) is 45.4 Å². The zero-order valence-electron chi connectivity index (χ0n) is 14.8. The number of aliphatic hydroxyl groups is 1. The van der Waals surface area contributed by atoms with Crippen molar-refractivity contribution in [3.8, 4) is 12.3 Å². The van der Waals surface area contributed by atoms with Crippen LogP contribution in [0.15, 0.2) is 15.8 Å². The van der Waals surface area contributed by atoms with Crippen molar-refractivity contribution in [3.05, 3.63) is 32.6 Å². The predicted octanol–water partition coefficient (Wildman–Crippen LogP) is -0.624. The van der Waals surface area contributed by atoms with E-state index in [2.05, 4.69) is 10.9 Å². The van der Waals surface area contributed by atoms with Crippen LogP contribution in [0.2, 0.25) is 0 Å². The highest BCUT2D eigenvalue weighted by Crippen LogP contribution is 2.30. The fraction of sp³-hybridized carbons (Fsp3) is 0.529. The number of aromatic nitrogens is 2. The quantitative estimate of drug-likeness (QED) is 0.492. The van der Waals surface area contributed by atoms with Crippen LogP contribution in [0, 0.1) is 12.3 Å². The van der Waals surface area contributed by atoms with Crippen LogP contribution >= 0.6 is 0 Å². The van der Waals surface area contributed by atoms with Gasteiger partial charge >= 0.3 is 17.6 Å². The minimum absolute atomic E-state index is 0.0855. The van der Waals surface area contributed by atoms with Crippen molar-refractivity contribution in [1.82, 2.24) is 9.55 Å². The molecule has 1 fully saturated rings. The third-order valence-electron chi connectivity index (χ3n) is 3.92. The largest absolute Gasteiger partial charge is 0.463 e. The monoisotopic (exact) mass is 380 g/mol. The lowest BCUT2D eigenvalue weighted by molar-refractivity contribution is -0.155. The van der Waals surface area contributed by atoms with Crippen LogP contribution in [-0.2, 0) is 23.8 Å². The molecular weight excluding hydrogens is 360 g/mol. The molecule has 1 aromatic rings. The fourth-order valence-electron chi connectivity index (χ4n) is 2.73. The summed E-state index contributed by atoms with van der Waals surface area (Å²) in [7, 11) is 0. The SMILES string of the molecule is C#CCC(O)c1cn([C@H]2C[C@H](OC(C)=O)[C@@H](COC(C)=O)O2)c(=O)[nH]c1=O. The smallest absolute Gasteiger partial charge is 0.330 e. The van der Waals surface area contributed by atoms with Crippen molar-refractivity contribution in [3.63, 3.8) is 0 Å². The van der Waals surface area contributed by atoms with Gasteiger partial charge in [0.1, 0.15) is 25.0 Å². The second-order valence-corrected chi connectivity index (χ2v) is 5.99. The van der Waals surface area contributed by atoms with Crippen LogP contribution in [0.1, 0.15) is 44.6 Å². The van der Waals surface area contributed by atoms with E-state index in [0.717, 1.165) is 10.8 Å². The van der Waals surface area contributed by atoms with Gasteiger partial charge in [-0.1, -0.05) is 0 Å². The summed E-state index contributed by atoms with van der Waals surface area (Å²) in [6, 6.07) is 0. The lowest BCUT2D eigenvalue weighted by Crippen LogP contribution is -2.35. The first kappa shape index (κ1) is 20.4. The molecule has 4 atom stereocenters. The van der Waals surface area contributed by atoms with Gasteiger partial charge in [-0.15, -0.1) is 12.3 Å². The minimum atomic E-state index is -1.26. The summed E-state index contributed by atoms with van der Waals surface area (Å²) in [4.78, 5) is 48.5. The van der Waals surface area contributed by atoms with Crippen LogP contribution in [0.4, 0.5) is 0 Å². The Bertz CT molecular complexity index is 865. The van der Waals surface area contributed by atoms with Crippen molar-refractivity contribution >= 4 is 11.9 Å². The van der Waals surface area contributed by atoms with Crippen molar-refractivity contribution in [2.24, 2.45) is 0 Å². The Labute approximate surface area is 154 Å². The number of carbonyl (C=O) groups is 2. The Kier molecular flexibility index (Phi) is 6.55. The highest BCUT2D eigenvalue weighted by atomic mass is 16.6. The molecule has 0 bridgehead atoms. The number of H-pyrrole nitrogens is 1. The number of carbonyl (C=O) groups excluding carboxylic acids is 2. The average Bonchev–Trinajstić information content (AvgIpc) is 2.94. The van der Waals surface area contributed by atoms with E-state index in [1.54, 1.807) is 0 Å². The van der Waals surface area contributed by atoms with Crippen LogP contribution < -0.4 is 11.2 Å². The standard InChI is InChI=1S/C17H20N2O8/c1-4-5-12(22)11-7-19(17(24)18-16(11)23)15-6-13(26-10(3)21)14(27-15)8-25-9(2)20/h1,7,12-15,22H,5-6,8H2,2-3H3,(H,18,23,24)/t12?,13-,14+,15+/m0/s1. The molecule has 1 aliphatic heterocycles. The molecule has 1 aliphatic rings. The normalized spacial score (nSPS) is 22.7. The Morgan fingerprint density at radius 1 is 1.44 bits per heavy atom. The molecule has 2 rings (SSSR count). The van der Waals surface area contributed by atoms with Gasteiger partial charge in [-0.05, 0) is 0 Å². The number of hydrogen-bond donors (Lipinski definition) is 2. The third-order valence-corrected chi connectivity index (χ3v) is 3.92. The van der Waals surface area contributed by atoms with E-state index in [0.29, 0.717) is 0 Å². The fourth-order valence-corrected chi connectivity index (χ4v) is 2.73. The Balaban J connectivity index is 2.31. The minimum Gasteiger partial charge on any atom is -0.463 e. The van der Waals surface area contributed by atoms with Crippen LogP contribution in [0.5, 0.6) is 0 Å². The van der Waals surface area contributed by atoms with E-state index in [-0.39, 0.29) is 25.0 Å². The topological polar surface area (TPSA) is 137 Å². The van der Waals surface area contributed by atoms with Gasteiger partial charge in [0.15, 0.2) is 0 Å². The number of aromatic amines is 1. The van der Waals surface area contributed by atoms with Crippen molar-refractivity contribution in [2.45, 2.75) is 51.2 Å². The number of nitrogens with one attached hydrogen (secondary N) is 1. The van der Waals surface area contributed by atoms with Gasteiger partial charge < -0.3 is 19.3 Å². The zero-order chi connectivity index (χ0) is 20.1. The number of ether oxygens (including phenoxy) is 3. The van der Waals surface area contributed by atoms with E-state index >= 15 is 0 Å². The summed E-state index contributed by atoms with van der Waals surface area (Å²) >= 11 is 0. The highest BCUT2D eigenvalue weighted by molar-refractivity contribution is 5.66. The molecule has 2 N–H and O–H groups in total. The number of nitrogens with zero attached hydrogens (tertiary/aromatic N) is 1. The van der Waals surface area contributed by atoms with Gasteiger partial charge in [0, 0.05) is 32.9 Å². The number of aliphatic hydroxyl groups excluding tert-OH is 1. The van der Waals surface area contributed by atoms with Gasteiger partial charge in [-0.3, -0.25) is 23.9 Å². The van der Waals surface area contributed by atoms with Crippen molar-refractivity contribution < 1.29 is 28.9 Å². The van der Waals surface area contributed by atoms with Gasteiger partial charge in [-0.25, -0.2) is 4.79 Å². The Morgan fingerprint density at radius 2 is 2.15 bits per heavy atom. The number of hydrogen-bond acceptors (Lipinski definition) is 8. The maximum atomic E-state index is 12.2. The molecule has 0 aliphatic carbocycles. The first-order valence-electron chi connectivity index (χ1n) is 8.15. The summed E-state index contributed by atoms with van der Waals surface area (Å²) in [5, 5.41) is 9.98. The van der Waals surface area contributed by atoms with E-state index < -0.39 is 47.7 Å². The number of terminal acetylenes is 1. The van der Waals surface area contributed by atoms with Gasteiger partial charge in [0.25, 0.3) is 5.56 Å². The summed E-state index contributed by atoms with van der Waals surface area (Å²) in [6.45, 7) is 2.27. The lowest BCUT2D eigenvalue weighted by Gasteiger charge is -2.18. The van der Waals surface area contributed by atoms with E-state index in [9.17, 15) is 24.3 Å². The predicted molar refractivity (Wildman–Crippen MR) is 90.4 cm³/mol. The van der Waals surface area contributed by atoms with Crippen molar-refractivity contribution in [1.29, 1.82) is 0 Å². The molecule has 146 valence electrons. The first-order chi connectivity index (χ1) is 12.7. The Hall–Kier alpha value is -2.90.